The zero-order valence-electron chi connectivity index (χ0n) is 22.1. The van der Waals surface area contributed by atoms with Crippen LogP contribution in [0.3, 0.4) is 0 Å². The van der Waals surface area contributed by atoms with E-state index in [9.17, 15) is 5.11 Å². The van der Waals surface area contributed by atoms with Gasteiger partial charge in [0.2, 0.25) is 0 Å². The molecule has 1 N–H and O–H groups in total. The molecule has 194 valence electrons. The predicted octanol–water partition coefficient (Wildman–Crippen LogP) is 9.88. The van der Waals surface area contributed by atoms with Crippen LogP contribution in [0.15, 0.2) is 112 Å². The normalized spacial score (nSPS) is 11.6. The van der Waals surface area contributed by atoms with Crippen LogP contribution < -0.4 is 4.52 Å². The second kappa shape index (κ2) is 10.5. The first-order valence-electron chi connectivity index (χ1n) is 13.0. The van der Waals surface area contributed by atoms with Gasteiger partial charge in [0, 0.05) is 27.5 Å². The molecule has 0 spiro atoms. The Morgan fingerprint density at radius 3 is 1.90 bits per heavy atom. The van der Waals surface area contributed by atoms with Gasteiger partial charge in [-0.2, -0.15) is 0 Å². The number of aliphatic hydroxyl groups excluding tert-OH is 1. The first-order valence-corrected chi connectivity index (χ1v) is 14.1. The van der Waals surface area contributed by atoms with Crippen LogP contribution >= 0.6 is 8.24 Å². The standard InChI is InChI=1S/C34H29O4P/c1-22-17-27(21-35)33-31(18-22)30-19-23(2)24(3)20-32(30)36-39(37-33)38-34-28(25-11-6-4-7-12-25)15-10-16-29(34)26-13-8-5-9-14-26/h4-20,35H,21H2,1-3H3. The van der Waals surface area contributed by atoms with E-state index < -0.39 is 8.24 Å². The van der Waals surface area contributed by atoms with Gasteiger partial charge >= 0.3 is 8.24 Å². The van der Waals surface area contributed by atoms with Gasteiger partial charge in [-0.1, -0.05) is 78.9 Å². The molecule has 5 heteroatoms. The van der Waals surface area contributed by atoms with E-state index in [1.165, 1.54) is 0 Å². The molecular weight excluding hydrogens is 503 g/mol. The summed E-state index contributed by atoms with van der Waals surface area (Å²) in [5.41, 5.74) is 9.29. The summed E-state index contributed by atoms with van der Waals surface area (Å²) in [4.78, 5) is 0. The number of benzene rings is 5. The van der Waals surface area contributed by atoms with E-state index in [0.717, 1.165) is 49.7 Å². The molecule has 1 aromatic heterocycles. The van der Waals surface area contributed by atoms with Crippen molar-refractivity contribution in [2.45, 2.75) is 27.4 Å². The van der Waals surface area contributed by atoms with Crippen LogP contribution in [-0.2, 0) is 6.61 Å². The molecule has 0 amide bonds. The average Bonchev–Trinajstić information content (AvgIpc) is 3.10. The Hall–Kier alpha value is -4.24. The fraction of sp³-hybridized carbons (Fsp3) is 0.118. The van der Waals surface area contributed by atoms with Crippen LogP contribution in [0.1, 0.15) is 22.3 Å². The Morgan fingerprint density at radius 1 is 0.667 bits per heavy atom. The Kier molecular flexibility index (Phi) is 6.74. The lowest BCUT2D eigenvalue weighted by Gasteiger charge is -2.14. The summed E-state index contributed by atoms with van der Waals surface area (Å²) in [5.74, 6) is 0.688. The second-order valence-corrected chi connectivity index (χ2v) is 10.8. The van der Waals surface area contributed by atoms with Crippen LogP contribution in [-0.4, -0.2) is 5.11 Å². The van der Waals surface area contributed by atoms with Crippen molar-refractivity contribution >= 4 is 30.2 Å². The molecule has 6 aromatic rings. The lowest BCUT2D eigenvalue weighted by molar-refractivity contribution is 0.282. The number of para-hydroxylation sites is 1. The molecule has 1 heterocycles. The quantitative estimate of drug-likeness (QED) is 0.240. The molecule has 0 saturated carbocycles. The minimum absolute atomic E-state index is 0.150. The molecule has 0 aliphatic rings. The summed E-state index contributed by atoms with van der Waals surface area (Å²) in [6.45, 7) is 6.03. The molecule has 6 rings (SSSR count). The van der Waals surface area contributed by atoms with Crippen molar-refractivity contribution in [3.05, 3.63) is 125 Å². The van der Waals surface area contributed by atoms with Gasteiger partial charge < -0.3 is 18.0 Å². The number of hydrogen-bond acceptors (Lipinski definition) is 4. The number of hydrogen-bond donors (Lipinski definition) is 1. The van der Waals surface area contributed by atoms with Crippen LogP contribution in [0.2, 0.25) is 0 Å². The number of aryl methyl sites for hydroxylation is 3. The van der Waals surface area contributed by atoms with E-state index in [4.69, 9.17) is 12.9 Å². The van der Waals surface area contributed by atoms with Gasteiger partial charge in [0.15, 0.2) is 11.3 Å². The minimum Gasteiger partial charge on any atom is -0.392 e. The first kappa shape index (κ1) is 25.1. The van der Waals surface area contributed by atoms with Crippen molar-refractivity contribution in [1.82, 2.24) is 0 Å². The van der Waals surface area contributed by atoms with Crippen molar-refractivity contribution in [2.75, 3.05) is 0 Å². The Balaban J connectivity index is 1.66. The molecule has 4 nitrogen and oxygen atoms in total. The zero-order valence-corrected chi connectivity index (χ0v) is 23.0. The number of aliphatic hydroxyl groups is 1. The van der Waals surface area contributed by atoms with E-state index in [1.54, 1.807) is 0 Å². The lowest BCUT2D eigenvalue weighted by atomic mass is 9.97. The average molecular weight is 533 g/mol. The second-order valence-electron chi connectivity index (χ2n) is 9.80. The van der Waals surface area contributed by atoms with Crippen molar-refractivity contribution in [3.8, 4) is 28.0 Å². The molecule has 1 unspecified atom stereocenters. The summed E-state index contributed by atoms with van der Waals surface area (Å²) < 4.78 is 19.8. The van der Waals surface area contributed by atoms with Gasteiger partial charge in [-0.25, -0.2) is 0 Å². The molecule has 0 saturated heterocycles. The smallest absolute Gasteiger partial charge is 0.392 e. The minimum atomic E-state index is -1.93. The Labute approximate surface area is 228 Å². The molecule has 5 aromatic carbocycles. The maximum atomic E-state index is 10.3. The molecule has 39 heavy (non-hydrogen) atoms. The fourth-order valence-corrected chi connectivity index (χ4v) is 6.09. The third-order valence-corrected chi connectivity index (χ3v) is 8.06. The SMILES string of the molecule is Cc1cc(CO)c2op(Oc3c(-c4ccccc4)cccc3-c3ccccc3)oc3cc(C)c(C)cc3c2c1. The van der Waals surface area contributed by atoms with Crippen molar-refractivity contribution in [3.63, 3.8) is 0 Å². The fourth-order valence-electron chi connectivity index (χ4n) is 4.96. The van der Waals surface area contributed by atoms with Gasteiger partial charge in [0.05, 0.1) is 6.61 Å². The number of rotatable bonds is 5. The third-order valence-electron chi connectivity index (χ3n) is 7.06. The highest BCUT2D eigenvalue weighted by Crippen LogP contribution is 2.46. The van der Waals surface area contributed by atoms with E-state index in [1.807, 2.05) is 61.5 Å². The van der Waals surface area contributed by atoms with Crippen LogP contribution in [0.25, 0.3) is 44.2 Å². The van der Waals surface area contributed by atoms with Crippen LogP contribution in [0, 0.1) is 20.8 Å². The van der Waals surface area contributed by atoms with Gasteiger partial charge in [0.1, 0.15) is 5.58 Å². The van der Waals surface area contributed by atoms with E-state index in [-0.39, 0.29) is 6.61 Å². The van der Waals surface area contributed by atoms with E-state index >= 15 is 0 Å². The van der Waals surface area contributed by atoms with Crippen LogP contribution in [0.5, 0.6) is 5.75 Å². The Bertz CT molecular complexity index is 1780. The molecule has 1 atom stereocenters. The maximum Gasteiger partial charge on any atom is 0.453 e. The maximum absolute atomic E-state index is 10.3. The van der Waals surface area contributed by atoms with Crippen molar-refractivity contribution in [2.24, 2.45) is 0 Å². The van der Waals surface area contributed by atoms with Gasteiger partial charge in [0.25, 0.3) is 0 Å². The van der Waals surface area contributed by atoms with E-state index in [0.29, 0.717) is 22.5 Å². The summed E-state index contributed by atoms with van der Waals surface area (Å²) in [7, 11) is -1.93. The van der Waals surface area contributed by atoms with Crippen molar-refractivity contribution in [1.29, 1.82) is 0 Å². The zero-order chi connectivity index (χ0) is 26.9. The highest BCUT2D eigenvalue weighted by Gasteiger charge is 2.19. The van der Waals surface area contributed by atoms with Crippen LogP contribution in [0.4, 0.5) is 0 Å². The summed E-state index contributed by atoms with van der Waals surface area (Å²) in [5, 5.41) is 12.1. The van der Waals surface area contributed by atoms with Gasteiger partial charge in [-0.05, 0) is 72.9 Å². The molecular formula is C34H29O4P. The first-order chi connectivity index (χ1) is 19.0. The van der Waals surface area contributed by atoms with Gasteiger partial charge in [-0.15, -0.1) is 0 Å². The monoisotopic (exact) mass is 532 g/mol. The molecule has 0 aliphatic carbocycles. The summed E-state index contributed by atoms with van der Waals surface area (Å²) >= 11 is 0. The van der Waals surface area contributed by atoms with Crippen molar-refractivity contribution < 1.29 is 18.0 Å². The highest BCUT2D eigenvalue weighted by molar-refractivity contribution is 7.32. The Morgan fingerprint density at radius 2 is 1.28 bits per heavy atom. The largest absolute Gasteiger partial charge is 0.453 e. The molecule has 0 radical (unpaired) electrons. The molecule has 0 fully saturated rings. The number of fused-ring (bicyclic) bond motifs is 3. The summed E-state index contributed by atoms with van der Waals surface area (Å²) in [6.07, 6.45) is 0. The molecule has 0 aliphatic heterocycles. The predicted molar refractivity (Wildman–Crippen MR) is 160 cm³/mol. The summed E-state index contributed by atoms with van der Waals surface area (Å²) in [6, 6.07) is 34.7. The topological polar surface area (TPSA) is 55.7 Å². The lowest BCUT2D eigenvalue weighted by Crippen LogP contribution is -1.90. The van der Waals surface area contributed by atoms with E-state index in [2.05, 4.69) is 62.4 Å². The highest BCUT2D eigenvalue weighted by atomic mass is 31.1. The van der Waals surface area contributed by atoms with Gasteiger partial charge in [-0.3, -0.25) is 0 Å². The molecule has 0 bridgehead atoms. The third kappa shape index (κ3) is 4.85.